The van der Waals surface area contributed by atoms with E-state index >= 15 is 0 Å². The van der Waals surface area contributed by atoms with Crippen molar-refractivity contribution in [2.24, 2.45) is 0 Å². The van der Waals surface area contributed by atoms with Crippen molar-refractivity contribution in [3.63, 3.8) is 0 Å². The lowest BCUT2D eigenvalue weighted by atomic mass is 10.1. The smallest absolute Gasteiger partial charge is 0.335 e. The fourth-order valence-corrected chi connectivity index (χ4v) is 4.98. The molecular weight excluding hydrogens is 442 g/mol. The summed E-state index contributed by atoms with van der Waals surface area (Å²) < 4.78 is 16.4. The quantitative estimate of drug-likeness (QED) is 0.364. The Morgan fingerprint density at radius 2 is 1.85 bits per heavy atom. The van der Waals surface area contributed by atoms with Crippen molar-refractivity contribution in [3.05, 3.63) is 47.5 Å². The average molecular weight is 470 g/mol. The molecule has 0 bridgehead atoms. The van der Waals surface area contributed by atoms with Crippen molar-refractivity contribution in [1.29, 1.82) is 0 Å². The molecule has 174 valence electrons. The van der Waals surface area contributed by atoms with Crippen molar-refractivity contribution in [1.82, 2.24) is 9.97 Å². The molecule has 0 amide bonds. The molecule has 1 aromatic heterocycles. The highest BCUT2D eigenvalue weighted by Crippen LogP contribution is 2.38. The molecule has 0 unspecified atom stereocenters. The number of fused-ring (bicyclic) bond motifs is 1. The topological polar surface area (TPSA) is 94.0 Å². The Kier molecular flexibility index (Phi) is 7.20. The van der Waals surface area contributed by atoms with Crippen LogP contribution in [0, 0.1) is 0 Å². The SMILES string of the molecule is COC[C@@H]1CCCN1c1nc(SCc2ccc(C(=O)O)cc2)c2cc(OC)c(OC)cc2n1. The van der Waals surface area contributed by atoms with Gasteiger partial charge in [-0.2, -0.15) is 0 Å². The van der Waals surface area contributed by atoms with E-state index in [0.717, 1.165) is 40.9 Å². The third-order valence-electron chi connectivity index (χ3n) is 5.72. The van der Waals surface area contributed by atoms with Crippen LogP contribution in [0.2, 0.25) is 0 Å². The maximum Gasteiger partial charge on any atom is 0.335 e. The van der Waals surface area contributed by atoms with Crippen LogP contribution in [0.3, 0.4) is 0 Å². The van der Waals surface area contributed by atoms with Crippen molar-refractivity contribution in [2.75, 3.05) is 39.4 Å². The number of aromatic nitrogens is 2. The molecule has 1 atom stereocenters. The molecule has 1 aliphatic heterocycles. The summed E-state index contributed by atoms with van der Waals surface area (Å²) in [6, 6.07) is 10.9. The van der Waals surface area contributed by atoms with Gasteiger partial charge in [-0.05, 0) is 36.6 Å². The summed E-state index contributed by atoms with van der Waals surface area (Å²) in [4.78, 5) is 23.1. The first-order valence-corrected chi connectivity index (χ1v) is 11.7. The Labute approximate surface area is 196 Å². The van der Waals surface area contributed by atoms with Crippen molar-refractivity contribution in [3.8, 4) is 11.5 Å². The summed E-state index contributed by atoms with van der Waals surface area (Å²) in [7, 11) is 4.93. The lowest BCUT2D eigenvalue weighted by molar-refractivity contribution is 0.0697. The van der Waals surface area contributed by atoms with Gasteiger partial charge < -0.3 is 24.2 Å². The van der Waals surface area contributed by atoms with Crippen LogP contribution in [-0.4, -0.2) is 61.6 Å². The van der Waals surface area contributed by atoms with E-state index in [9.17, 15) is 4.79 Å². The minimum atomic E-state index is -0.932. The molecule has 0 saturated carbocycles. The molecule has 2 aromatic carbocycles. The molecule has 0 aliphatic carbocycles. The van der Waals surface area contributed by atoms with Crippen molar-refractivity contribution < 1.29 is 24.1 Å². The number of aromatic carboxylic acids is 1. The molecule has 4 rings (SSSR count). The van der Waals surface area contributed by atoms with E-state index in [0.29, 0.717) is 29.8 Å². The van der Waals surface area contributed by atoms with Gasteiger partial charge in [0.2, 0.25) is 5.95 Å². The van der Waals surface area contributed by atoms with Crippen LogP contribution in [0.5, 0.6) is 11.5 Å². The lowest BCUT2D eigenvalue weighted by Crippen LogP contribution is -2.34. The molecule has 0 radical (unpaired) electrons. The zero-order valence-corrected chi connectivity index (χ0v) is 19.7. The highest BCUT2D eigenvalue weighted by Gasteiger charge is 2.28. The standard InChI is InChI=1S/C24H27N3O5S/c1-30-13-17-5-4-10-27(17)24-25-19-12-21(32-3)20(31-2)11-18(19)22(26-24)33-14-15-6-8-16(9-7-15)23(28)29/h6-9,11-12,17H,4-5,10,13-14H2,1-3H3,(H,28,29)/t17-/m0/s1. The Balaban J connectivity index is 1.72. The molecule has 1 N–H and O–H groups in total. The van der Waals surface area contributed by atoms with Crippen LogP contribution < -0.4 is 14.4 Å². The molecule has 1 saturated heterocycles. The number of carboxylic acid groups (broad SMARTS) is 1. The number of benzene rings is 2. The summed E-state index contributed by atoms with van der Waals surface area (Å²) in [5.74, 6) is 1.62. The van der Waals surface area contributed by atoms with Gasteiger partial charge in [-0.3, -0.25) is 0 Å². The summed E-state index contributed by atoms with van der Waals surface area (Å²) >= 11 is 1.58. The van der Waals surface area contributed by atoms with Gasteiger partial charge >= 0.3 is 5.97 Å². The summed E-state index contributed by atoms with van der Waals surface area (Å²) in [6.45, 7) is 1.51. The third kappa shape index (κ3) is 4.99. The fourth-order valence-electron chi connectivity index (χ4n) is 4.01. The van der Waals surface area contributed by atoms with Crippen LogP contribution in [0.1, 0.15) is 28.8 Å². The van der Waals surface area contributed by atoms with Gasteiger partial charge in [0.1, 0.15) is 5.03 Å². The van der Waals surface area contributed by atoms with Crippen molar-refractivity contribution in [2.45, 2.75) is 29.7 Å². The normalized spacial score (nSPS) is 15.7. The number of rotatable bonds is 9. The summed E-state index contributed by atoms with van der Waals surface area (Å²) in [6.07, 6.45) is 2.11. The maximum atomic E-state index is 11.1. The molecule has 33 heavy (non-hydrogen) atoms. The van der Waals surface area contributed by atoms with Gasteiger partial charge in [0, 0.05) is 30.9 Å². The van der Waals surface area contributed by atoms with Crippen LogP contribution in [0.25, 0.3) is 10.9 Å². The van der Waals surface area contributed by atoms with Gasteiger partial charge in [-0.1, -0.05) is 12.1 Å². The van der Waals surface area contributed by atoms with Gasteiger partial charge in [0.05, 0.1) is 37.9 Å². The Hall–Kier alpha value is -3.04. The molecular formula is C24H27N3O5S. The first-order valence-electron chi connectivity index (χ1n) is 10.7. The molecule has 0 spiro atoms. The predicted molar refractivity (Wildman–Crippen MR) is 128 cm³/mol. The molecule has 9 heteroatoms. The summed E-state index contributed by atoms with van der Waals surface area (Å²) in [5, 5.41) is 10.8. The number of anilines is 1. The number of methoxy groups -OCH3 is 3. The number of hydrogen-bond donors (Lipinski definition) is 1. The van der Waals surface area contributed by atoms with Gasteiger partial charge in [-0.15, -0.1) is 11.8 Å². The number of nitrogens with zero attached hydrogens (tertiary/aromatic N) is 3. The molecule has 8 nitrogen and oxygen atoms in total. The predicted octanol–water partition coefficient (Wildman–Crippen LogP) is 4.25. The molecule has 1 aliphatic rings. The molecule has 2 heterocycles. The molecule has 3 aromatic rings. The van der Waals surface area contributed by atoms with Gasteiger partial charge in [0.25, 0.3) is 0 Å². The second-order valence-corrected chi connectivity index (χ2v) is 8.75. The van der Waals surface area contributed by atoms with E-state index in [2.05, 4.69) is 4.90 Å². The van der Waals surface area contributed by atoms with E-state index in [1.807, 2.05) is 24.3 Å². The highest BCUT2D eigenvalue weighted by molar-refractivity contribution is 7.98. The Morgan fingerprint density at radius 3 is 2.52 bits per heavy atom. The van der Waals surface area contributed by atoms with E-state index in [1.165, 1.54) is 0 Å². The zero-order valence-electron chi connectivity index (χ0n) is 18.9. The maximum absolute atomic E-state index is 11.1. The van der Waals surface area contributed by atoms with Gasteiger partial charge in [0.15, 0.2) is 11.5 Å². The first kappa shape index (κ1) is 23.1. The second kappa shape index (κ2) is 10.3. The lowest BCUT2D eigenvalue weighted by Gasteiger charge is -2.25. The van der Waals surface area contributed by atoms with Crippen LogP contribution in [-0.2, 0) is 10.5 Å². The fraction of sp³-hybridized carbons (Fsp3) is 0.375. The number of carbonyl (C=O) groups is 1. The number of ether oxygens (including phenoxy) is 3. The van der Waals surface area contributed by atoms with Crippen LogP contribution in [0.15, 0.2) is 41.4 Å². The summed E-state index contributed by atoms with van der Waals surface area (Å²) in [5.41, 5.74) is 2.07. The highest BCUT2D eigenvalue weighted by atomic mass is 32.2. The van der Waals surface area contributed by atoms with E-state index < -0.39 is 5.97 Å². The second-order valence-electron chi connectivity index (χ2n) is 7.79. The Bertz CT molecular complexity index is 1140. The number of hydrogen-bond acceptors (Lipinski definition) is 8. The van der Waals surface area contributed by atoms with E-state index in [-0.39, 0.29) is 11.6 Å². The van der Waals surface area contributed by atoms with E-state index in [1.54, 1.807) is 45.2 Å². The van der Waals surface area contributed by atoms with Crippen LogP contribution >= 0.6 is 11.8 Å². The van der Waals surface area contributed by atoms with Gasteiger partial charge in [-0.25, -0.2) is 14.8 Å². The van der Waals surface area contributed by atoms with E-state index in [4.69, 9.17) is 29.3 Å². The Morgan fingerprint density at radius 1 is 1.12 bits per heavy atom. The first-order chi connectivity index (χ1) is 16.0. The average Bonchev–Trinajstić information content (AvgIpc) is 3.30. The minimum Gasteiger partial charge on any atom is -0.493 e. The third-order valence-corrected chi connectivity index (χ3v) is 6.79. The zero-order chi connectivity index (χ0) is 23.4. The minimum absolute atomic E-state index is 0.244. The monoisotopic (exact) mass is 469 g/mol. The number of thioether (sulfide) groups is 1. The molecule has 1 fully saturated rings. The largest absolute Gasteiger partial charge is 0.493 e. The van der Waals surface area contributed by atoms with Crippen LogP contribution in [0.4, 0.5) is 5.95 Å². The van der Waals surface area contributed by atoms with Crippen molar-refractivity contribution >= 4 is 34.6 Å². The number of carboxylic acids is 1.